The number of pyridine rings is 1. The number of nitrogens with one attached hydrogen (secondary N) is 2. The molecule has 0 bridgehead atoms. The van der Waals surface area contributed by atoms with Crippen molar-refractivity contribution in [3.63, 3.8) is 0 Å². The van der Waals surface area contributed by atoms with Gasteiger partial charge in [0, 0.05) is 63.3 Å². The summed E-state index contributed by atoms with van der Waals surface area (Å²) in [6.45, 7) is 7.29. The minimum atomic E-state index is -0.268. The van der Waals surface area contributed by atoms with Crippen LogP contribution in [0, 0.1) is 5.82 Å². The SMILES string of the molecule is CCNC(=NCCc1csc(N2CCCC2)n1)NC1CCN(c2ncccc2F)C1.I. The predicted octanol–water partition coefficient (Wildman–Crippen LogP) is 3.27. The van der Waals surface area contributed by atoms with E-state index in [1.54, 1.807) is 23.6 Å². The molecule has 2 fully saturated rings. The summed E-state index contributed by atoms with van der Waals surface area (Å²) in [6.07, 6.45) is 5.92. The number of thiazole rings is 1. The van der Waals surface area contributed by atoms with Gasteiger partial charge in [-0.05, 0) is 38.3 Å². The first-order chi connectivity index (χ1) is 14.7. The van der Waals surface area contributed by atoms with Gasteiger partial charge in [0.1, 0.15) is 0 Å². The second-order valence-electron chi connectivity index (χ2n) is 7.71. The first-order valence-electron chi connectivity index (χ1n) is 10.8. The molecule has 0 aliphatic carbocycles. The predicted molar refractivity (Wildman–Crippen MR) is 137 cm³/mol. The van der Waals surface area contributed by atoms with E-state index in [2.05, 4.69) is 32.8 Å². The summed E-state index contributed by atoms with van der Waals surface area (Å²) >= 11 is 1.73. The molecule has 2 N–H and O–H groups in total. The highest BCUT2D eigenvalue weighted by Gasteiger charge is 2.26. The number of aliphatic imine (C=N–C) groups is 1. The molecule has 2 aromatic heterocycles. The third-order valence-corrected chi connectivity index (χ3v) is 6.42. The van der Waals surface area contributed by atoms with Crippen molar-refractivity contribution in [2.45, 2.75) is 38.6 Å². The van der Waals surface area contributed by atoms with Crippen molar-refractivity contribution in [1.82, 2.24) is 20.6 Å². The van der Waals surface area contributed by atoms with Crippen molar-refractivity contribution in [2.75, 3.05) is 49.1 Å². The van der Waals surface area contributed by atoms with Crippen LogP contribution in [-0.2, 0) is 6.42 Å². The smallest absolute Gasteiger partial charge is 0.191 e. The van der Waals surface area contributed by atoms with Crippen molar-refractivity contribution in [1.29, 1.82) is 0 Å². The van der Waals surface area contributed by atoms with Crippen molar-refractivity contribution in [2.24, 2.45) is 4.99 Å². The van der Waals surface area contributed by atoms with Crippen LogP contribution in [0.15, 0.2) is 28.7 Å². The number of halogens is 2. The lowest BCUT2D eigenvalue weighted by Gasteiger charge is -2.19. The lowest BCUT2D eigenvalue weighted by Crippen LogP contribution is -2.44. The third-order valence-electron chi connectivity index (χ3n) is 5.47. The maximum atomic E-state index is 14.0. The summed E-state index contributed by atoms with van der Waals surface area (Å²) < 4.78 is 14.0. The van der Waals surface area contributed by atoms with Crippen LogP contribution >= 0.6 is 35.3 Å². The van der Waals surface area contributed by atoms with E-state index >= 15 is 0 Å². The highest BCUT2D eigenvalue weighted by atomic mass is 127. The Kier molecular flexibility index (Phi) is 9.12. The van der Waals surface area contributed by atoms with E-state index in [1.165, 1.54) is 18.9 Å². The molecule has 0 spiro atoms. The standard InChI is InChI=1S/C21H30FN7S.HI/c1-2-23-20(25-10-7-17-15-30-21(27-17)28-11-3-4-12-28)26-16-8-13-29(14-16)19-18(22)6-5-9-24-19;/h5-6,9,15-16H,2-4,7-8,10-14H2,1H3,(H2,23,25,26);1H. The average Bonchev–Trinajstić information content (AvgIpc) is 3.50. The quantitative estimate of drug-likeness (QED) is 0.309. The summed E-state index contributed by atoms with van der Waals surface area (Å²) in [5.41, 5.74) is 1.11. The number of rotatable bonds is 7. The number of anilines is 2. The van der Waals surface area contributed by atoms with Gasteiger partial charge >= 0.3 is 0 Å². The first-order valence-corrected chi connectivity index (χ1v) is 11.7. The van der Waals surface area contributed by atoms with E-state index in [0.29, 0.717) is 18.9 Å². The fourth-order valence-electron chi connectivity index (χ4n) is 3.94. The molecule has 2 aliphatic heterocycles. The lowest BCUT2D eigenvalue weighted by atomic mass is 10.3. The van der Waals surface area contributed by atoms with Gasteiger partial charge in [-0.2, -0.15) is 0 Å². The van der Waals surface area contributed by atoms with Crippen LogP contribution in [0.3, 0.4) is 0 Å². The number of hydrogen-bond acceptors (Lipinski definition) is 6. The molecule has 2 aromatic rings. The molecule has 1 unspecified atom stereocenters. The van der Waals surface area contributed by atoms with Crippen molar-refractivity contribution in [3.8, 4) is 0 Å². The summed E-state index contributed by atoms with van der Waals surface area (Å²) in [5.74, 6) is 0.970. The molecule has 1 atom stereocenters. The van der Waals surface area contributed by atoms with E-state index in [4.69, 9.17) is 9.98 Å². The molecule has 0 radical (unpaired) electrons. The lowest BCUT2D eigenvalue weighted by molar-refractivity contribution is 0.612. The minimum absolute atomic E-state index is 0. The highest BCUT2D eigenvalue weighted by Crippen LogP contribution is 2.24. The zero-order chi connectivity index (χ0) is 20.8. The number of nitrogens with zero attached hydrogens (tertiary/aromatic N) is 5. The van der Waals surface area contributed by atoms with Gasteiger partial charge in [-0.1, -0.05) is 0 Å². The molecular formula is C21H31FIN7S. The van der Waals surface area contributed by atoms with Crippen LogP contribution < -0.4 is 20.4 Å². The molecule has 170 valence electrons. The Morgan fingerprint density at radius 1 is 1.29 bits per heavy atom. The summed E-state index contributed by atoms with van der Waals surface area (Å²) in [7, 11) is 0. The Hall–Kier alpha value is -1.69. The molecule has 0 saturated carbocycles. The average molecular weight is 559 g/mol. The van der Waals surface area contributed by atoms with Gasteiger partial charge < -0.3 is 20.4 Å². The van der Waals surface area contributed by atoms with Crippen LogP contribution in [0.4, 0.5) is 15.3 Å². The van der Waals surface area contributed by atoms with Gasteiger partial charge in [0.05, 0.1) is 5.69 Å². The molecule has 2 saturated heterocycles. The normalized spacial score (nSPS) is 18.9. The second kappa shape index (κ2) is 11.8. The highest BCUT2D eigenvalue weighted by molar-refractivity contribution is 14.0. The maximum Gasteiger partial charge on any atom is 0.191 e. The fraction of sp³-hybridized carbons (Fsp3) is 0.571. The first kappa shape index (κ1) is 24.0. The zero-order valence-corrected chi connectivity index (χ0v) is 21.0. The minimum Gasteiger partial charge on any atom is -0.357 e. The van der Waals surface area contributed by atoms with Crippen LogP contribution in [0.1, 0.15) is 31.9 Å². The van der Waals surface area contributed by atoms with Crippen molar-refractivity contribution < 1.29 is 4.39 Å². The van der Waals surface area contributed by atoms with Crippen molar-refractivity contribution in [3.05, 3.63) is 35.2 Å². The van der Waals surface area contributed by atoms with Gasteiger partial charge in [-0.15, -0.1) is 35.3 Å². The second-order valence-corrected chi connectivity index (χ2v) is 8.55. The van der Waals surface area contributed by atoms with Crippen LogP contribution in [0.25, 0.3) is 0 Å². The molecule has 2 aliphatic rings. The molecule has 0 aromatic carbocycles. The third kappa shape index (κ3) is 6.41. The molecular weight excluding hydrogens is 528 g/mol. The number of guanidine groups is 1. The Balaban J connectivity index is 0.00000272. The Labute approximate surface area is 204 Å². The van der Waals surface area contributed by atoms with Crippen LogP contribution in [-0.4, -0.2) is 61.2 Å². The van der Waals surface area contributed by atoms with E-state index in [1.807, 2.05) is 4.90 Å². The van der Waals surface area contributed by atoms with Crippen LogP contribution in [0.5, 0.6) is 0 Å². The van der Waals surface area contributed by atoms with E-state index in [9.17, 15) is 4.39 Å². The molecule has 4 heterocycles. The summed E-state index contributed by atoms with van der Waals surface area (Å²) in [5, 5.41) is 10.1. The van der Waals surface area contributed by atoms with Crippen LogP contribution in [0.2, 0.25) is 0 Å². The molecule has 10 heteroatoms. The number of aromatic nitrogens is 2. The molecule has 7 nitrogen and oxygen atoms in total. The van der Waals surface area contributed by atoms with Gasteiger partial charge in [-0.25, -0.2) is 14.4 Å². The van der Waals surface area contributed by atoms with E-state index in [0.717, 1.165) is 55.8 Å². The summed E-state index contributed by atoms with van der Waals surface area (Å²) in [6, 6.07) is 3.30. The Morgan fingerprint density at radius 2 is 2.13 bits per heavy atom. The van der Waals surface area contributed by atoms with Gasteiger partial charge in [0.2, 0.25) is 0 Å². The fourth-order valence-corrected chi connectivity index (χ4v) is 4.85. The Bertz CT molecular complexity index is 856. The van der Waals surface area contributed by atoms with E-state index < -0.39 is 0 Å². The van der Waals surface area contributed by atoms with Gasteiger partial charge in [0.15, 0.2) is 22.7 Å². The monoisotopic (exact) mass is 559 g/mol. The number of hydrogen-bond donors (Lipinski definition) is 2. The van der Waals surface area contributed by atoms with Crippen molar-refractivity contribution >= 4 is 52.2 Å². The van der Waals surface area contributed by atoms with Gasteiger partial charge in [0.25, 0.3) is 0 Å². The topological polar surface area (TPSA) is 68.7 Å². The molecule has 0 amide bonds. The summed E-state index contributed by atoms with van der Waals surface area (Å²) in [4.78, 5) is 18.1. The van der Waals surface area contributed by atoms with E-state index in [-0.39, 0.29) is 35.8 Å². The molecule has 31 heavy (non-hydrogen) atoms. The zero-order valence-electron chi connectivity index (χ0n) is 17.9. The largest absolute Gasteiger partial charge is 0.357 e. The van der Waals surface area contributed by atoms with Gasteiger partial charge in [-0.3, -0.25) is 4.99 Å². The Morgan fingerprint density at radius 3 is 2.90 bits per heavy atom. The molecule has 4 rings (SSSR count). The maximum absolute atomic E-state index is 14.0.